The standard InChI is InChI=1S/C19H36/c1-7-14-10-11-16(14)17-12-15(8-2)18(17)13(4)19(5,6)9-3/h13-18H,7-12H2,1-6H3. The van der Waals surface area contributed by atoms with Crippen LogP contribution in [0.3, 0.4) is 0 Å². The first-order chi connectivity index (χ1) is 8.96. The second-order valence-electron chi connectivity index (χ2n) is 8.19. The van der Waals surface area contributed by atoms with Gasteiger partial charge in [-0.1, -0.05) is 60.8 Å². The van der Waals surface area contributed by atoms with Crippen LogP contribution >= 0.6 is 0 Å². The highest BCUT2D eigenvalue weighted by Crippen LogP contribution is 2.59. The molecule has 2 fully saturated rings. The van der Waals surface area contributed by atoms with Gasteiger partial charge in [0.25, 0.3) is 0 Å². The summed E-state index contributed by atoms with van der Waals surface area (Å²) in [7, 11) is 0. The molecule has 0 heteroatoms. The third-order valence-corrected chi connectivity index (χ3v) is 7.41. The van der Waals surface area contributed by atoms with Crippen molar-refractivity contribution in [2.24, 2.45) is 40.9 Å². The molecule has 0 heterocycles. The first-order valence-electron chi connectivity index (χ1n) is 8.96. The van der Waals surface area contributed by atoms with E-state index in [1.54, 1.807) is 6.42 Å². The third-order valence-electron chi connectivity index (χ3n) is 7.41. The molecule has 2 aliphatic carbocycles. The SMILES string of the molecule is CCC1CCC1C1CC(CC)C1C(C)C(C)(C)CC. The highest BCUT2D eigenvalue weighted by atomic mass is 14.6. The molecular weight excluding hydrogens is 228 g/mol. The molecule has 0 nitrogen and oxygen atoms in total. The summed E-state index contributed by atoms with van der Waals surface area (Å²) in [4.78, 5) is 0. The molecule has 0 spiro atoms. The average Bonchev–Trinajstić information content (AvgIpc) is 2.32. The minimum Gasteiger partial charge on any atom is -0.0651 e. The van der Waals surface area contributed by atoms with Crippen molar-refractivity contribution in [3.63, 3.8) is 0 Å². The van der Waals surface area contributed by atoms with Gasteiger partial charge in [-0.2, -0.15) is 0 Å². The molecular formula is C19H36. The molecule has 6 atom stereocenters. The summed E-state index contributed by atoms with van der Waals surface area (Å²) >= 11 is 0. The summed E-state index contributed by atoms with van der Waals surface area (Å²) in [6.07, 6.45) is 8.77. The fourth-order valence-electron chi connectivity index (χ4n) is 5.00. The van der Waals surface area contributed by atoms with E-state index in [0.717, 1.165) is 35.5 Å². The molecule has 0 saturated heterocycles. The second-order valence-corrected chi connectivity index (χ2v) is 8.19. The van der Waals surface area contributed by atoms with Gasteiger partial charge in [-0.25, -0.2) is 0 Å². The number of rotatable bonds is 6. The van der Waals surface area contributed by atoms with Crippen molar-refractivity contribution in [2.45, 2.75) is 80.1 Å². The Morgan fingerprint density at radius 1 is 0.947 bits per heavy atom. The van der Waals surface area contributed by atoms with E-state index >= 15 is 0 Å². The van der Waals surface area contributed by atoms with E-state index < -0.39 is 0 Å². The Bertz CT molecular complexity index is 288. The molecule has 0 aromatic carbocycles. The van der Waals surface area contributed by atoms with Gasteiger partial charge in [0.2, 0.25) is 0 Å². The normalized spacial score (nSPS) is 40.4. The van der Waals surface area contributed by atoms with Crippen molar-refractivity contribution in [2.75, 3.05) is 0 Å². The molecule has 2 saturated carbocycles. The van der Waals surface area contributed by atoms with Crippen molar-refractivity contribution in [3.05, 3.63) is 0 Å². The summed E-state index contributed by atoms with van der Waals surface area (Å²) in [5.41, 5.74) is 0.530. The Morgan fingerprint density at radius 3 is 2.00 bits per heavy atom. The highest BCUT2D eigenvalue weighted by molar-refractivity contribution is 5.01. The summed E-state index contributed by atoms with van der Waals surface area (Å²) in [6.45, 7) is 14.8. The van der Waals surface area contributed by atoms with Crippen molar-refractivity contribution in [3.8, 4) is 0 Å². The van der Waals surface area contributed by atoms with E-state index in [1.165, 1.54) is 32.1 Å². The van der Waals surface area contributed by atoms with E-state index in [9.17, 15) is 0 Å². The van der Waals surface area contributed by atoms with Crippen molar-refractivity contribution >= 4 is 0 Å². The quantitative estimate of drug-likeness (QED) is 0.539. The minimum absolute atomic E-state index is 0.530. The molecule has 2 aliphatic rings. The summed E-state index contributed by atoms with van der Waals surface area (Å²) in [5, 5.41) is 0. The predicted octanol–water partition coefficient (Wildman–Crippen LogP) is 6.16. The second kappa shape index (κ2) is 5.78. The molecule has 0 aromatic heterocycles. The lowest BCUT2D eigenvalue weighted by Gasteiger charge is -2.58. The van der Waals surface area contributed by atoms with Gasteiger partial charge in [0.15, 0.2) is 0 Å². The number of hydrogen-bond donors (Lipinski definition) is 0. The predicted molar refractivity (Wildman–Crippen MR) is 85.1 cm³/mol. The molecule has 0 amide bonds. The Morgan fingerprint density at radius 2 is 1.58 bits per heavy atom. The lowest BCUT2D eigenvalue weighted by Crippen LogP contribution is -2.51. The van der Waals surface area contributed by atoms with Crippen molar-refractivity contribution < 1.29 is 0 Å². The van der Waals surface area contributed by atoms with Crippen LogP contribution < -0.4 is 0 Å². The van der Waals surface area contributed by atoms with Gasteiger partial charge in [0.05, 0.1) is 0 Å². The van der Waals surface area contributed by atoms with Gasteiger partial charge in [0, 0.05) is 0 Å². The van der Waals surface area contributed by atoms with Crippen LogP contribution in [0.5, 0.6) is 0 Å². The number of hydrogen-bond acceptors (Lipinski definition) is 0. The Balaban J connectivity index is 2.06. The van der Waals surface area contributed by atoms with Crippen molar-refractivity contribution in [1.82, 2.24) is 0 Å². The van der Waals surface area contributed by atoms with Crippen LogP contribution in [0.2, 0.25) is 0 Å². The van der Waals surface area contributed by atoms with Crippen LogP contribution in [0, 0.1) is 40.9 Å². The van der Waals surface area contributed by atoms with E-state index in [1.807, 2.05) is 0 Å². The van der Waals surface area contributed by atoms with Gasteiger partial charge >= 0.3 is 0 Å². The first kappa shape index (κ1) is 15.4. The van der Waals surface area contributed by atoms with Crippen LogP contribution in [-0.2, 0) is 0 Å². The average molecular weight is 264 g/mol. The van der Waals surface area contributed by atoms with E-state index in [0.29, 0.717) is 5.41 Å². The minimum atomic E-state index is 0.530. The molecule has 0 aliphatic heterocycles. The van der Waals surface area contributed by atoms with Crippen LogP contribution in [0.25, 0.3) is 0 Å². The fraction of sp³-hybridized carbons (Fsp3) is 1.00. The molecule has 0 bridgehead atoms. The monoisotopic (exact) mass is 264 g/mol. The molecule has 2 rings (SSSR count). The van der Waals surface area contributed by atoms with Crippen LogP contribution in [-0.4, -0.2) is 0 Å². The summed E-state index contributed by atoms with van der Waals surface area (Å²) in [6, 6.07) is 0. The summed E-state index contributed by atoms with van der Waals surface area (Å²) < 4.78 is 0. The van der Waals surface area contributed by atoms with Gasteiger partial charge in [-0.15, -0.1) is 0 Å². The van der Waals surface area contributed by atoms with Crippen LogP contribution in [0.1, 0.15) is 80.1 Å². The lowest BCUT2D eigenvalue weighted by molar-refractivity contribution is -0.0941. The maximum Gasteiger partial charge on any atom is -0.0324 e. The summed E-state index contributed by atoms with van der Waals surface area (Å²) in [5.74, 6) is 6.20. The van der Waals surface area contributed by atoms with Crippen LogP contribution in [0.4, 0.5) is 0 Å². The lowest BCUT2D eigenvalue weighted by atomic mass is 9.47. The molecule has 19 heavy (non-hydrogen) atoms. The van der Waals surface area contributed by atoms with Crippen LogP contribution in [0.15, 0.2) is 0 Å². The van der Waals surface area contributed by atoms with E-state index in [-0.39, 0.29) is 0 Å². The van der Waals surface area contributed by atoms with Crippen molar-refractivity contribution in [1.29, 1.82) is 0 Å². The Hall–Kier alpha value is 0. The molecule has 6 unspecified atom stereocenters. The molecule has 0 radical (unpaired) electrons. The fourth-order valence-corrected chi connectivity index (χ4v) is 5.00. The highest BCUT2D eigenvalue weighted by Gasteiger charge is 2.52. The zero-order chi connectivity index (χ0) is 14.2. The Kier molecular flexibility index (Phi) is 4.68. The zero-order valence-corrected chi connectivity index (χ0v) is 14.2. The first-order valence-corrected chi connectivity index (χ1v) is 8.96. The van der Waals surface area contributed by atoms with Gasteiger partial charge in [-0.05, 0) is 60.2 Å². The molecule has 0 aromatic rings. The van der Waals surface area contributed by atoms with Gasteiger partial charge < -0.3 is 0 Å². The topological polar surface area (TPSA) is 0 Å². The van der Waals surface area contributed by atoms with Gasteiger partial charge in [-0.3, -0.25) is 0 Å². The molecule has 0 N–H and O–H groups in total. The Labute approximate surface area is 121 Å². The molecule has 112 valence electrons. The largest absolute Gasteiger partial charge is 0.0651 e. The van der Waals surface area contributed by atoms with E-state index in [2.05, 4.69) is 41.5 Å². The third kappa shape index (κ3) is 2.61. The maximum absolute atomic E-state index is 2.56. The smallest absolute Gasteiger partial charge is 0.0324 e. The van der Waals surface area contributed by atoms with Gasteiger partial charge in [0.1, 0.15) is 0 Å². The zero-order valence-electron chi connectivity index (χ0n) is 14.2. The maximum atomic E-state index is 2.56. The van der Waals surface area contributed by atoms with E-state index in [4.69, 9.17) is 0 Å².